The molecule has 31 heavy (non-hydrogen) atoms. The quantitative estimate of drug-likeness (QED) is 0.257. The predicted octanol–water partition coefficient (Wildman–Crippen LogP) is 6.09. The first-order valence-electron chi connectivity index (χ1n) is 11.0. The first-order chi connectivity index (χ1) is 14.9. The van der Waals surface area contributed by atoms with Crippen LogP contribution < -0.4 is 0 Å². The number of amides is 3. The minimum Gasteiger partial charge on any atom is -0.467 e. The number of benzene rings is 1. The van der Waals surface area contributed by atoms with Crippen LogP contribution in [-0.4, -0.2) is 41.6 Å². The molecule has 1 saturated heterocycles. The van der Waals surface area contributed by atoms with E-state index in [1.54, 1.807) is 16.6 Å². The van der Waals surface area contributed by atoms with Crippen LogP contribution in [0.1, 0.15) is 46.4 Å². The highest BCUT2D eigenvalue weighted by Crippen LogP contribution is 2.42. The summed E-state index contributed by atoms with van der Waals surface area (Å²) in [6.07, 6.45) is 0.901. The van der Waals surface area contributed by atoms with Crippen molar-refractivity contribution in [3.8, 4) is 0 Å². The number of furan rings is 1. The van der Waals surface area contributed by atoms with Crippen LogP contribution in [0, 0.1) is 0 Å². The number of rotatable bonds is 9. The Hall–Kier alpha value is -2.03. The first-order valence-corrected chi connectivity index (χ1v) is 14.3. The molecule has 0 aliphatic carbocycles. The smallest absolute Gasteiger partial charge is 0.338 e. The van der Waals surface area contributed by atoms with Crippen molar-refractivity contribution in [1.29, 1.82) is 0 Å². The van der Waals surface area contributed by atoms with Gasteiger partial charge in [0, 0.05) is 10.9 Å². The van der Waals surface area contributed by atoms with Crippen LogP contribution in [0.25, 0.3) is 0 Å². The fourth-order valence-electron chi connectivity index (χ4n) is 3.86. The Bertz CT molecular complexity index is 863. The van der Waals surface area contributed by atoms with Gasteiger partial charge in [-0.15, -0.1) is 0 Å². The Kier molecular flexibility index (Phi) is 7.67. The number of hydrogen-bond donors (Lipinski definition) is 0. The second-order valence-corrected chi connectivity index (χ2v) is 13.8. The number of likely N-dealkylation sites (tertiary alicyclic amines) is 1. The summed E-state index contributed by atoms with van der Waals surface area (Å²) in [5.41, 5.74) is 0. The number of carbonyl (C=O) groups excluding carboxylic acids is 2. The van der Waals surface area contributed by atoms with Crippen molar-refractivity contribution in [3.05, 3.63) is 54.5 Å². The van der Waals surface area contributed by atoms with Crippen LogP contribution in [0.2, 0.25) is 18.1 Å². The highest BCUT2D eigenvalue weighted by Gasteiger charge is 2.57. The van der Waals surface area contributed by atoms with Crippen LogP contribution in [0.5, 0.6) is 0 Å². The highest BCUT2D eigenvalue weighted by atomic mass is 32.2. The zero-order valence-corrected chi connectivity index (χ0v) is 20.7. The summed E-state index contributed by atoms with van der Waals surface area (Å²) in [5.74, 6) is 0.301. The number of carbonyl (C=O) groups is 2. The van der Waals surface area contributed by atoms with E-state index in [1.807, 2.05) is 50.2 Å². The van der Waals surface area contributed by atoms with Crippen molar-refractivity contribution in [1.82, 2.24) is 9.21 Å². The highest BCUT2D eigenvalue weighted by molar-refractivity contribution is 7.97. The van der Waals surface area contributed by atoms with Crippen molar-refractivity contribution in [2.24, 2.45) is 0 Å². The summed E-state index contributed by atoms with van der Waals surface area (Å²) in [5, 5.41) is 0. The molecule has 6 nitrogen and oxygen atoms in total. The molecule has 2 heterocycles. The third-order valence-electron chi connectivity index (χ3n) is 6.00. The molecule has 2 atom stereocenters. The molecule has 0 radical (unpaired) electrons. The largest absolute Gasteiger partial charge is 0.467 e. The molecule has 0 bridgehead atoms. The molecule has 2 aromatic rings. The second-order valence-electron chi connectivity index (χ2n) is 8.06. The number of β-lactam (4-membered cyclic amide) rings is 1. The zero-order chi connectivity index (χ0) is 22.6. The fourth-order valence-corrected chi connectivity index (χ4v) is 7.51. The molecule has 1 aromatic carbocycles. The van der Waals surface area contributed by atoms with E-state index in [4.69, 9.17) is 8.84 Å². The van der Waals surface area contributed by atoms with Crippen molar-refractivity contribution < 1.29 is 18.4 Å². The van der Waals surface area contributed by atoms with Gasteiger partial charge in [0.1, 0.15) is 11.8 Å². The van der Waals surface area contributed by atoms with E-state index in [2.05, 4.69) is 20.8 Å². The number of hydrogen-bond acceptors (Lipinski definition) is 5. The summed E-state index contributed by atoms with van der Waals surface area (Å²) in [6, 6.07) is 15.1. The lowest BCUT2D eigenvalue weighted by Gasteiger charge is -2.48. The van der Waals surface area contributed by atoms with Gasteiger partial charge in [-0.3, -0.25) is 9.10 Å². The van der Waals surface area contributed by atoms with E-state index in [0.717, 1.165) is 23.0 Å². The minimum atomic E-state index is -2.04. The monoisotopic (exact) mass is 460 g/mol. The first kappa shape index (κ1) is 23.6. The molecule has 1 aromatic heterocycles. The van der Waals surface area contributed by atoms with Gasteiger partial charge in [0.15, 0.2) is 14.4 Å². The van der Waals surface area contributed by atoms with Crippen LogP contribution >= 0.6 is 11.9 Å². The minimum absolute atomic E-state index is 0.0990. The molecule has 3 rings (SSSR count). The van der Waals surface area contributed by atoms with Gasteiger partial charge in [-0.25, -0.2) is 9.69 Å². The van der Waals surface area contributed by atoms with Crippen LogP contribution in [0.4, 0.5) is 4.79 Å². The summed E-state index contributed by atoms with van der Waals surface area (Å²) < 4.78 is 13.8. The third kappa shape index (κ3) is 4.76. The number of urea groups is 1. The summed E-state index contributed by atoms with van der Waals surface area (Å²) in [6.45, 7) is 10.3. The van der Waals surface area contributed by atoms with Gasteiger partial charge < -0.3 is 8.84 Å². The zero-order valence-electron chi connectivity index (χ0n) is 18.9. The van der Waals surface area contributed by atoms with Gasteiger partial charge in [-0.2, -0.15) is 0 Å². The molecule has 0 unspecified atom stereocenters. The standard InChI is InChI=1S/C23H32N2O4SSi/c1-6-31(7-2,8-3)29-21-20(19-15-12-16-28-19)24(22(21)26)23(27)25(17(4)5)30-18-13-10-9-11-14-18/h9-17,20-21H,6-8H2,1-5H3/t20-,21+/m1/s1. The summed E-state index contributed by atoms with van der Waals surface area (Å²) in [4.78, 5) is 29.0. The molecule has 0 saturated carbocycles. The number of nitrogens with zero attached hydrogens (tertiary/aromatic N) is 2. The average Bonchev–Trinajstić information content (AvgIpc) is 3.31. The maximum Gasteiger partial charge on any atom is 0.338 e. The van der Waals surface area contributed by atoms with Crippen LogP contribution in [-0.2, 0) is 9.22 Å². The van der Waals surface area contributed by atoms with Crippen molar-refractivity contribution >= 4 is 32.2 Å². The lowest BCUT2D eigenvalue weighted by Crippen LogP contribution is -2.66. The molecule has 1 aliphatic rings. The maximum absolute atomic E-state index is 13.5. The van der Waals surface area contributed by atoms with Crippen LogP contribution in [0.15, 0.2) is 58.0 Å². The van der Waals surface area contributed by atoms with E-state index in [0.29, 0.717) is 5.76 Å². The van der Waals surface area contributed by atoms with Gasteiger partial charge in [-0.1, -0.05) is 39.0 Å². The van der Waals surface area contributed by atoms with Crippen molar-refractivity contribution in [2.75, 3.05) is 0 Å². The Morgan fingerprint density at radius 3 is 2.29 bits per heavy atom. The molecular formula is C23H32N2O4SSi. The second kappa shape index (κ2) is 10.1. The van der Waals surface area contributed by atoms with E-state index < -0.39 is 20.5 Å². The fraction of sp³-hybridized carbons (Fsp3) is 0.478. The summed E-state index contributed by atoms with van der Waals surface area (Å²) in [7, 11) is -2.04. The molecule has 0 spiro atoms. The van der Waals surface area contributed by atoms with Gasteiger partial charge in [0.2, 0.25) is 0 Å². The summed E-state index contributed by atoms with van der Waals surface area (Å²) >= 11 is 1.34. The third-order valence-corrected chi connectivity index (χ3v) is 11.9. The lowest BCUT2D eigenvalue weighted by atomic mass is 9.96. The van der Waals surface area contributed by atoms with Crippen molar-refractivity contribution in [3.63, 3.8) is 0 Å². The Morgan fingerprint density at radius 2 is 1.77 bits per heavy atom. The van der Waals surface area contributed by atoms with E-state index in [-0.39, 0.29) is 18.0 Å². The topological polar surface area (TPSA) is 63.0 Å². The lowest BCUT2D eigenvalue weighted by molar-refractivity contribution is -0.160. The van der Waals surface area contributed by atoms with E-state index in [1.165, 1.54) is 16.8 Å². The normalized spacial score (nSPS) is 18.9. The maximum atomic E-state index is 13.5. The molecule has 8 heteroatoms. The molecule has 0 N–H and O–H groups in total. The van der Waals surface area contributed by atoms with Crippen molar-refractivity contribution in [2.45, 2.75) is 75.8 Å². The molecule has 3 amide bonds. The van der Waals surface area contributed by atoms with E-state index in [9.17, 15) is 9.59 Å². The molecule has 168 valence electrons. The average molecular weight is 461 g/mol. The molecule has 1 fully saturated rings. The Balaban J connectivity index is 1.88. The van der Waals surface area contributed by atoms with Gasteiger partial charge in [0.05, 0.1) is 6.26 Å². The SMILES string of the molecule is CC[Si](CC)(CC)O[C@@H]1C(=O)N(C(=O)N(Sc2ccccc2)C(C)C)[C@@H]1c1ccco1. The molecular weight excluding hydrogens is 428 g/mol. The molecule has 1 aliphatic heterocycles. The van der Waals surface area contributed by atoms with Crippen LogP contribution in [0.3, 0.4) is 0 Å². The van der Waals surface area contributed by atoms with Gasteiger partial charge in [-0.05, 0) is 68.2 Å². The van der Waals surface area contributed by atoms with Gasteiger partial charge in [0.25, 0.3) is 5.91 Å². The Labute approximate surface area is 190 Å². The van der Waals surface area contributed by atoms with Gasteiger partial charge >= 0.3 is 6.03 Å². The predicted molar refractivity (Wildman–Crippen MR) is 125 cm³/mol. The van der Waals surface area contributed by atoms with E-state index >= 15 is 0 Å². The Morgan fingerprint density at radius 1 is 1.13 bits per heavy atom. The number of imide groups is 1.